The van der Waals surface area contributed by atoms with E-state index < -0.39 is 0 Å². The lowest BCUT2D eigenvalue weighted by Crippen LogP contribution is -1.96. The van der Waals surface area contributed by atoms with Crippen molar-refractivity contribution in [1.29, 1.82) is 0 Å². The van der Waals surface area contributed by atoms with E-state index >= 15 is 0 Å². The van der Waals surface area contributed by atoms with Crippen LogP contribution in [0.25, 0.3) is 10.9 Å². The molecular weight excluding hydrogens is 322 g/mol. The van der Waals surface area contributed by atoms with Gasteiger partial charge in [0.1, 0.15) is 0 Å². The minimum Gasteiger partial charge on any atom is -0.347 e. The molecule has 4 rings (SSSR count). The average Bonchev–Trinajstić information content (AvgIpc) is 3.05. The van der Waals surface area contributed by atoms with Crippen LogP contribution < -0.4 is 0 Å². The van der Waals surface area contributed by atoms with Gasteiger partial charge < -0.3 is 4.57 Å². The average molecular weight is 343 g/mol. The van der Waals surface area contributed by atoms with Crippen molar-refractivity contribution < 1.29 is 0 Å². The van der Waals surface area contributed by atoms with Crippen LogP contribution in [-0.2, 0) is 6.54 Å². The van der Waals surface area contributed by atoms with Gasteiger partial charge in [0, 0.05) is 28.5 Å². The third-order valence-corrected chi connectivity index (χ3v) is 5.90. The minimum absolute atomic E-state index is 0.290. The molecule has 1 aromatic heterocycles. The number of nitrogens with zero attached hydrogens (tertiary/aromatic N) is 1. The van der Waals surface area contributed by atoms with Crippen molar-refractivity contribution in [3.63, 3.8) is 0 Å². The van der Waals surface area contributed by atoms with Gasteiger partial charge in [0.2, 0.25) is 0 Å². The molecule has 0 atom stereocenters. The topological polar surface area (TPSA) is 4.93 Å². The second-order valence-corrected chi connectivity index (χ2v) is 7.26. The molecular formula is C23H21NS. The van der Waals surface area contributed by atoms with Gasteiger partial charge in [-0.2, -0.15) is 0 Å². The fourth-order valence-corrected chi connectivity index (χ4v) is 4.61. The van der Waals surface area contributed by atoms with Crippen molar-refractivity contribution in [1.82, 2.24) is 4.57 Å². The predicted molar refractivity (Wildman–Crippen MR) is 108 cm³/mol. The highest BCUT2D eigenvalue weighted by atomic mass is 32.2. The second-order valence-electron chi connectivity index (χ2n) is 6.12. The molecule has 0 aliphatic rings. The number of para-hydroxylation sites is 1. The van der Waals surface area contributed by atoms with Gasteiger partial charge in [0.15, 0.2) is 0 Å². The van der Waals surface area contributed by atoms with Crippen LogP contribution in [0.3, 0.4) is 0 Å². The molecule has 0 bridgehead atoms. The van der Waals surface area contributed by atoms with Gasteiger partial charge in [-0.1, -0.05) is 78.9 Å². The normalized spacial score (nSPS) is 11.3. The molecule has 0 amide bonds. The van der Waals surface area contributed by atoms with E-state index in [1.807, 2.05) is 11.8 Å². The molecule has 1 heterocycles. The molecule has 0 saturated carbocycles. The summed E-state index contributed by atoms with van der Waals surface area (Å²) in [5.74, 6) is 0. The van der Waals surface area contributed by atoms with E-state index in [1.165, 1.54) is 26.9 Å². The zero-order chi connectivity index (χ0) is 17.1. The van der Waals surface area contributed by atoms with E-state index in [1.54, 1.807) is 0 Å². The molecule has 0 spiro atoms. The first kappa shape index (κ1) is 16.0. The molecule has 2 heteroatoms. The van der Waals surface area contributed by atoms with E-state index in [2.05, 4.69) is 103 Å². The second kappa shape index (κ2) is 7.20. The van der Waals surface area contributed by atoms with Crippen molar-refractivity contribution >= 4 is 22.7 Å². The highest BCUT2D eigenvalue weighted by Crippen LogP contribution is 2.43. The number of rotatable bonds is 5. The fraction of sp³-hybridized carbons (Fsp3) is 0.130. The van der Waals surface area contributed by atoms with E-state index in [0.717, 1.165) is 6.54 Å². The number of hydrogen-bond acceptors (Lipinski definition) is 1. The third kappa shape index (κ3) is 3.22. The monoisotopic (exact) mass is 343 g/mol. The smallest absolute Gasteiger partial charge is 0.0594 e. The standard InChI is InChI=1S/C23H21NS/c1-2-24-17-22(20-15-9-10-16-21(20)24)25-23(18-11-5-3-6-12-18)19-13-7-4-8-14-19/h3-17,23H,2H2,1H3. The van der Waals surface area contributed by atoms with Crippen LogP contribution in [0.1, 0.15) is 23.3 Å². The molecule has 3 aromatic carbocycles. The van der Waals surface area contributed by atoms with E-state index in [-0.39, 0.29) is 0 Å². The Morgan fingerprint density at radius 3 is 1.92 bits per heavy atom. The summed E-state index contributed by atoms with van der Waals surface area (Å²) in [7, 11) is 0. The molecule has 124 valence electrons. The predicted octanol–water partition coefficient (Wildman–Crippen LogP) is 6.54. The molecule has 0 radical (unpaired) electrons. The van der Waals surface area contributed by atoms with Gasteiger partial charge in [-0.3, -0.25) is 0 Å². The number of hydrogen-bond donors (Lipinski definition) is 0. The Bertz CT molecular complexity index is 918. The largest absolute Gasteiger partial charge is 0.347 e. The maximum atomic E-state index is 2.34. The Kier molecular flexibility index (Phi) is 4.62. The molecule has 25 heavy (non-hydrogen) atoms. The van der Waals surface area contributed by atoms with Gasteiger partial charge in [-0.25, -0.2) is 0 Å². The summed E-state index contributed by atoms with van der Waals surface area (Å²) in [6.45, 7) is 3.19. The molecule has 0 aliphatic heterocycles. The zero-order valence-corrected chi connectivity index (χ0v) is 15.1. The molecule has 0 saturated heterocycles. The van der Waals surface area contributed by atoms with Crippen LogP contribution in [0, 0.1) is 0 Å². The Labute approximate surface area is 153 Å². The highest BCUT2D eigenvalue weighted by molar-refractivity contribution is 8.00. The van der Waals surface area contributed by atoms with Crippen molar-refractivity contribution in [2.24, 2.45) is 0 Å². The molecule has 0 aliphatic carbocycles. The zero-order valence-electron chi connectivity index (χ0n) is 14.3. The lowest BCUT2D eigenvalue weighted by molar-refractivity contribution is 0.791. The SMILES string of the molecule is CCn1cc(SC(c2ccccc2)c2ccccc2)c2ccccc21. The molecule has 1 nitrogen and oxygen atoms in total. The lowest BCUT2D eigenvalue weighted by Gasteiger charge is -2.17. The van der Waals surface area contributed by atoms with Crippen molar-refractivity contribution in [3.8, 4) is 0 Å². The quantitative estimate of drug-likeness (QED) is 0.372. The number of aryl methyl sites for hydroxylation is 1. The number of fused-ring (bicyclic) bond motifs is 1. The van der Waals surface area contributed by atoms with E-state index in [0.29, 0.717) is 5.25 Å². The first-order chi connectivity index (χ1) is 12.4. The maximum Gasteiger partial charge on any atom is 0.0594 e. The fourth-order valence-electron chi connectivity index (χ4n) is 3.28. The summed E-state index contributed by atoms with van der Waals surface area (Å²) in [5, 5.41) is 1.63. The van der Waals surface area contributed by atoms with Crippen LogP contribution in [0.2, 0.25) is 0 Å². The molecule has 0 unspecified atom stereocenters. The molecule has 4 aromatic rings. The Morgan fingerprint density at radius 1 is 0.760 bits per heavy atom. The van der Waals surface area contributed by atoms with Crippen molar-refractivity contribution in [2.45, 2.75) is 23.6 Å². The van der Waals surface area contributed by atoms with E-state index in [4.69, 9.17) is 0 Å². The van der Waals surface area contributed by atoms with E-state index in [9.17, 15) is 0 Å². The molecule has 0 fully saturated rings. The summed E-state index contributed by atoms with van der Waals surface area (Å²) in [6.07, 6.45) is 2.30. The Hall–Kier alpha value is -2.45. The molecule has 0 N–H and O–H groups in total. The Balaban J connectivity index is 1.80. The van der Waals surface area contributed by atoms with Gasteiger partial charge in [0.25, 0.3) is 0 Å². The summed E-state index contributed by atoms with van der Waals surface area (Å²) in [6, 6.07) is 30.3. The summed E-state index contributed by atoms with van der Waals surface area (Å²) in [4.78, 5) is 1.34. The summed E-state index contributed by atoms with van der Waals surface area (Å²) < 4.78 is 2.34. The number of aromatic nitrogens is 1. The number of thioether (sulfide) groups is 1. The summed E-state index contributed by atoms with van der Waals surface area (Å²) >= 11 is 1.94. The van der Waals surface area contributed by atoms with Crippen LogP contribution in [-0.4, -0.2) is 4.57 Å². The van der Waals surface area contributed by atoms with Crippen LogP contribution in [0.15, 0.2) is 96.0 Å². The number of benzene rings is 3. The first-order valence-electron chi connectivity index (χ1n) is 8.71. The van der Waals surface area contributed by atoms with Crippen molar-refractivity contribution in [2.75, 3.05) is 0 Å². The first-order valence-corrected chi connectivity index (χ1v) is 9.59. The van der Waals surface area contributed by atoms with Crippen LogP contribution >= 0.6 is 11.8 Å². The highest BCUT2D eigenvalue weighted by Gasteiger charge is 2.18. The van der Waals surface area contributed by atoms with Gasteiger partial charge in [0.05, 0.1) is 5.25 Å². The van der Waals surface area contributed by atoms with Crippen LogP contribution in [0.5, 0.6) is 0 Å². The van der Waals surface area contributed by atoms with Crippen molar-refractivity contribution in [3.05, 3.63) is 102 Å². The maximum absolute atomic E-state index is 2.34. The van der Waals surface area contributed by atoms with Crippen LogP contribution in [0.4, 0.5) is 0 Å². The van der Waals surface area contributed by atoms with Gasteiger partial charge >= 0.3 is 0 Å². The summed E-state index contributed by atoms with van der Waals surface area (Å²) in [5.41, 5.74) is 3.99. The third-order valence-electron chi connectivity index (χ3n) is 4.54. The van der Waals surface area contributed by atoms with Gasteiger partial charge in [-0.15, -0.1) is 11.8 Å². The minimum atomic E-state index is 0.290. The van der Waals surface area contributed by atoms with Gasteiger partial charge in [-0.05, 0) is 24.1 Å². The Morgan fingerprint density at radius 2 is 1.32 bits per heavy atom. The lowest BCUT2D eigenvalue weighted by atomic mass is 10.0.